The Hall–Kier alpha value is -2.33. The van der Waals surface area contributed by atoms with Crippen LogP contribution in [0.3, 0.4) is 0 Å². The third-order valence-corrected chi connectivity index (χ3v) is 3.43. The second-order valence-corrected chi connectivity index (χ2v) is 5.21. The van der Waals surface area contributed by atoms with Crippen LogP contribution in [0.2, 0.25) is 5.02 Å². The summed E-state index contributed by atoms with van der Waals surface area (Å²) in [6, 6.07) is 11.3. The fourth-order valence-corrected chi connectivity index (χ4v) is 2.28. The van der Waals surface area contributed by atoms with E-state index in [0.717, 1.165) is 27.9 Å². The van der Waals surface area contributed by atoms with Crippen LogP contribution in [0.15, 0.2) is 52.2 Å². The number of benzene rings is 1. The molecule has 3 rings (SSSR count). The lowest BCUT2D eigenvalue weighted by molar-refractivity contribution is 0.557. The van der Waals surface area contributed by atoms with Crippen LogP contribution in [-0.2, 0) is 0 Å². The van der Waals surface area contributed by atoms with Crippen molar-refractivity contribution in [2.75, 3.05) is 5.43 Å². The van der Waals surface area contributed by atoms with Crippen LogP contribution in [0.5, 0.6) is 0 Å². The highest BCUT2D eigenvalue weighted by Gasteiger charge is 2.04. The Bertz CT molecular complexity index is 810. The van der Waals surface area contributed by atoms with Gasteiger partial charge in [0, 0.05) is 10.4 Å². The number of nitrogens with one attached hydrogen (secondary N) is 1. The summed E-state index contributed by atoms with van der Waals surface area (Å²) >= 11 is 6.01. The van der Waals surface area contributed by atoms with Crippen LogP contribution in [-0.4, -0.2) is 10.7 Å². The second-order valence-electron chi connectivity index (χ2n) is 4.77. The van der Waals surface area contributed by atoms with Crippen molar-refractivity contribution in [2.45, 2.75) is 13.8 Å². The van der Waals surface area contributed by atoms with Gasteiger partial charge in [0.2, 0.25) is 0 Å². The molecule has 0 fully saturated rings. The summed E-state index contributed by atoms with van der Waals surface area (Å²) in [6.07, 6.45) is 1.62. The molecule has 0 radical (unpaired) electrons. The average Bonchev–Trinajstić information content (AvgIpc) is 3.00. The van der Waals surface area contributed by atoms with Gasteiger partial charge in [-0.2, -0.15) is 5.10 Å². The Morgan fingerprint density at radius 2 is 2.14 bits per heavy atom. The van der Waals surface area contributed by atoms with Crippen LogP contribution in [0.25, 0.3) is 10.9 Å². The van der Waals surface area contributed by atoms with Gasteiger partial charge >= 0.3 is 0 Å². The topological polar surface area (TPSA) is 50.4 Å². The largest absolute Gasteiger partial charge is 0.463 e. The second kappa shape index (κ2) is 5.58. The molecule has 1 aromatic carbocycles. The van der Waals surface area contributed by atoms with Crippen molar-refractivity contribution in [1.82, 2.24) is 4.98 Å². The monoisotopic (exact) mass is 299 g/mol. The number of hydrogen-bond acceptors (Lipinski definition) is 4. The maximum Gasteiger partial charge on any atom is 0.149 e. The van der Waals surface area contributed by atoms with E-state index in [-0.39, 0.29) is 0 Å². The molecule has 0 bridgehead atoms. The molecule has 0 amide bonds. The molecule has 2 aromatic heterocycles. The van der Waals surface area contributed by atoms with Crippen LogP contribution in [0, 0.1) is 6.92 Å². The fourth-order valence-electron chi connectivity index (χ4n) is 2.10. The third kappa shape index (κ3) is 2.90. The van der Waals surface area contributed by atoms with Crippen molar-refractivity contribution in [2.24, 2.45) is 5.10 Å². The maximum absolute atomic E-state index is 6.01. The quantitative estimate of drug-likeness (QED) is 0.567. The number of halogens is 1. The van der Waals surface area contributed by atoms with Crippen LogP contribution in [0.4, 0.5) is 5.82 Å². The molecule has 0 atom stereocenters. The minimum Gasteiger partial charge on any atom is -0.463 e. The van der Waals surface area contributed by atoms with Crippen molar-refractivity contribution in [1.29, 1.82) is 0 Å². The van der Waals surface area contributed by atoms with Gasteiger partial charge in [-0.1, -0.05) is 11.6 Å². The van der Waals surface area contributed by atoms with E-state index in [9.17, 15) is 0 Å². The number of anilines is 1. The lowest BCUT2D eigenvalue weighted by Crippen LogP contribution is -2.00. The van der Waals surface area contributed by atoms with Gasteiger partial charge in [-0.25, -0.2) is 4.98 Å². The summed E-state index contributed by atoms with van der Waals surface area (Å²) < 4.78 is 5.28. The minimum absolute atomic E-state index is 0.688. The molecule has 0 spiro atoms. The number of fused-ring (bicyclic) bond motifs is 1. The van der Waals surface area contributed by atoms with Gasteiger partial charge < -0.3 is 4.42 Å². The van der Waals surface area contributed by atoms with E-state index < -0.39 is 0 Å². The van der Waals surface area contributed by atoms with E-state index >= 15 is 0 Å². The number of hydrazone groups is 1. The molecule has 0 saturated heterocycles. The van der Waals surface area contributed by atoms with Gasteiger partial charge in [-0.3, -0.25) is 5.43 Å². The number of nitrogens with zero attached hydrogens (tertiary/aromatic N) is 2. The summed E-state index contributed by atoms with van der Waals surface area (Å²) in [4.78, 5) is 4.52. The SMILES string of the molecule is C/C(=N\Nc1cc(C)c2cc(Cl)ccc2n1)c1ccco1. The molecular formula is C16H14ClN3O. The molecule has 0 saturated carbocycles. The molecule has 4 nitrogen and oxygen atoms in total. The van der Waals surface area contributed by atoms with Gasteiger partial charge in [0.25, 0.3) is 0 Å². The highest BCUT2D eigenvalue weighted by Crippen LogP contribution is 2.23. The minimum atomic E-state index is 0.688. The zero-order valence-electron chi connectivity index (χ0n) is 11.7. The Labute approximate surface area is 127 Å². The molecule has 0 aliphatic carbocycles. The molecule has 1 N–H and O–H groups in total. The summed E-state index contributed by atoms with van der Waals surface area (Å²) in [5.74, 6) is 1.42. The molecule has 3 aromatic rings. The molecule has 0 unspecified atom stereocenters. The van der Waals surface area contributed by atoms with E-state index in [1.165, 1.54) is 0 Å². The number of aryl methyl sites for hydroxylation is 1. The molecule has 2 heterocycles. The average molecular weight is 300 g/mol. The van der Waals surface area contributed by atoms with Crippen molar-refractivity contribution in [3.8, 4) is 0 Å². The standard InChI is InChI=1S/C16H14ClN3O/c1-10-8-16(18-14-6-5-12(17)9-13(10)14)20-19-11(2)15-4-3-7-21-15/h3-9H,1-2H3,(H,18,20)/b19-11+. The van der Waals surface area contributed by atoms with Crippen LogP contribution in [0.1, 0.15) is 18.2 Å². The number of rotatable bonds is 3. The first-order chi connectivity index (χ1) is 10.1. The Kier molecular flexibility index (Phi) is 3.62. The van der Waals surface area contributed by atoms with Gasteiger partial charge in [0.15, 0.2) is 0 Å². The van der Waals surface area contributed by atoms with Gasteiger partial charge in [0.1, 0.15) is 17.3 Å². The first-order valence-electron chi connectivity index (χ1n) is 6.54. The molecule has 21 heavy (non-hydrogen) atoms. The van der Waals surface area contributed by atoms with Crippen molar-refractivity contribution in [3.63, 3.8) is 0 Å². The van der Waals surface area contributed by atoms with E-state index in [1.54, 1.807) is 6.26 Å². The molecule has 0 aliphatic rings. The first-order valence-corrected chi connectivity index (χ1v) is 6.92. The van der Waals surface area contributed by atoms with Crippen LogP contribution >= 0.6 is 11.6 Å². The third-order valence-electron chi connectivity index (χ3n) is 3.19. The summed E-state index contributed by atoms with van der Waals surface area (Å²) in [7, 11) is 0. The van der Waals surface area contributed by atoms with E-state index in [0.29, 0.717) is 10.8 Å². The number of hydrogen-bond donors (Lipinski definition) is 1. The predicted molar refractivity (Wildman–Crippen MR) is 86.0 cm³/mol. The van der Waals surface area contributed by atoms with Crippen molar-refractivity contribution >= 4 is 34.0 Å². The number of pyridine rings is 1. The van der Waals surface area contributed by atoms with E-state index in [1.807, 2.05) is 50.2 Å². The molecular weight excluding hydrogens is 286 g/mol. The normalized spacial score (nSPS) is 11.9. The number of furan rings is 1. The summed E-state index contributed by atoms with van der Waals surface area (Å²) in [6.45, 7) is 3.90. The van der Waals surface area contributed by atoms with Gasteiger partial charge in [-0.05, 0) is 55.8 Å². The van der Waals surface area contributed by atoms with Gasteiger partial charge in [0.05, 0.1) is 11.8 Å². The fraction of sp³-hybridized carbons (Fsp3) is 0.125. The lowest BCUT2D eigenvalue weighted by atomic mass is 10.1. The Morgan fingerprint density at radius 1 is 1.29 bits per heavy atom. The lowest BCUT2D eigenvalue weighted by Gasteiger charge is -2.06. The summed E-state index contributed by atoms with van der Waals surface area (Å²) in [5, 5.41) is 6.04. The van der Waals surface area contributed by atoms with E-state index in [4.69, 9.17) is 16.0 Å². The maximum atomic E-state index is 6.01. The molecule has 5 heteroatoms. The van der Waals surface area contributed by atoms with Gasteiger partial charge in [-0.15, -0.1) is 0 Å². The van der Waals surface area contributed by atoms with Crippen LogP contribution < -0.4 is 5.43 Å². The smallest absolute Gasteiger partial charge is 0.149 e. The highest BCUT2D eigenvalue weighted by molar-refractivity contribution is 6.31. The first kappa shape index (κ1) is 13.6. The highest BCUT2D eigenvalue weighted by atomic mass is 35.5. The van der Waals surface area contributed by atoms with Crippen molar-refractivity contribution in [3.05, 3.63) is 59.0 Å². The Balaban J connectivity index is 1.91. The molecule has 0 aliphatic heterocycles. The molecule has 106 valence electrons. The summed E-state index contributed by atoms with van der Waals surface area (Å²) in [5.41, 5.74) is 5.70. The van der Waals surface area contributed by atoms with Crippen molar-refractivity contribution < 1.29 is 4.42 Å². The number of aromatic nitrogens is 1. The predicted octanol–water partition coefficient (Wildman–Crippen LogP) is 4.63. The Morgan fingerprint density at radius 3 is 2.90 bits per heavy atom. The zero-order chi connectivity index (χ0) is 14.8. The van der Waals surface area contributed by atoms with E-state index in [2.05, 4.69) is 15.5 Å². The zero-order valence-corrected chi connectivity index (χ0v) is 12.5.